The monoisotopic (exact) mass is 251 g/mol. The van der Waals surface area contributed by atoms with Crippen LogP contribution in [0.4, 0.5) is 4.39 Å². The number of hydrogen-bond donors (Lipinski definition) is 2. The molecular formula is C14H22FN3. The molecule has 2 N–H and O–H groups in total. The van der Waals surface area contributed by atoms with Crippen molar-refractivity contribution in [1.29, 1.82) is 0 Å². The van der Waals surface area contributed by atoms with Crippen LogP contribution in [0.2, 0.25) is 0 Å². The van der Waals surface area contributed by atoms with Gasteiger partial charge in [0.2, 0.25) is 0 Å². The van der Waals surface area contributed by atoms with E-state index in [2.05, 4.69) is 22.5 Å². The van der Waals surface area contributed by atoms with Crippen LogP contribution in [-0.2, 0) is 6.54 Å². The lowest BCUT2D eigenvalue weighted by Crippen LogP contribution is -2.37. The maximum Gasteiger partial charge on any atom is 0.191 e. The minimum absolute atomic E-state index is 0.188. The van der Waals surface area contributed by atoms with E-state index in [9.17, 15) is 4.39 Å². The number of aliphatic imine (C=N–C) groups is 1. The summed E-state index contributed by atoms with van der Waals surface area (Å²) in [5.74, 6) is 0.529. The summed E-state index contributed by atoms with van der Waals surface area (Å²) in [6.07, 6.45) is 3.52. The second-order valence-electron chi connectivity index (χ2n) is 4.15. The SMILES string of the molecule is CCCCCNC(=NC)NCc1ccccc1F. The normalized spacial score (nSPS) is 11.4. The van der Waals surface area contributed by atoms with Gasteiger partial charge in [-0.1, -0.05) is 38.0 Å². The van der Waals surface area contributed by atoms with E-state index in [1.807, 2.05) is 6.07 Å². The van der Waals surface area contributed by atoms with Gasteiger partial charge in [0.15, 0.2) is 5.96 Å². The van der Waals surface area contributed by atoms with Gasteiger partial charge in [-0.3, -0.25) is 4.99 Å². The lowest BCUT2D eigenvalue weighted by Gasteiger charge is -2.12. The maximum atomic E-state index is 13.4. The molecule has 0 saturated carbocycles. The molecular weight excluding hydrogens is 229 g/mol. The summed E-state index contributed by atoms with van der Waals surface area (Å²) < 4.78 is 13.4. The maximum absolute atomic E-state index is 13.4. The molecule has 0 radical (unpaired) electrons. The van der Waals surface area contributed by atoms with Crippen LogP contribution in [-0.4, -0.2) is 19.6 Å². The highest BCUT2D eigenvalue weighted by Gasteiger charge is 2.01. The molecule has 100 valence electrons. The molecule has 0 aliphatic rings. The molecule has 0 aliphatic heterocycles. The fourth-order valence-corrected chi connectivity index (χ4v) is 1.62. The molecule has 1 rings (SSSR count). The van der Waals surface area contributed by atoms with Gasteiger partial charge in [-0.25, -0.2) is 4.39 Å². The third kappa shape index (κ3) is 5.17. The number of guanidine groups is 1. The van der Waals surface area contributed by atoms with Gasteiger partial charge in [0.25, 0.3) is 0 Å². The van der Waals surface area contributed by atoms with Crippen LogP contribution in [0.1, 0.15) is 31.7 Å². The average Bonchev–Trinajstić information content (AvgIpc) is 2.40. The third-order valence-corrected chi connectivity index (χ3v) is 2.70. The Hall–Kier alpha value is -1.58. The van der Waals surface area contributed by atoms with E-state index in [0.717, 1.165) is 13.0 Å². The topological polar surface area (TPSA) is 36.4 Å². The molecule has 0 bridgehead atoms. The first-order valence-corrected chi connectivity index (χ1v) is 6.45. The molecule has 0 fully saturated rings. The van der Waals surface area contributed by atoms with Crippen molar-refractivity contribution in [2.45, 2.75) is 32.7 Å². The second-order valence-corrected chi connectivity index (χ2v) is 4.15. The van der Waals surface area contributed by atoms with Crippen LogP contribution in [0, 0.1) is 5.82 Å². The summed E-state index contributed by atoms with van der Waals surface area (Å²) in [7, 11) is 1.72. The molecule has 0 saturated heterocycles. The highest BCUT2D eigenvalue weighted by atomic mass is 19.1. The second kappa shape index (κ2) is 8.50. The lowest BCUT2D eigenvalue weighted by atomic mass is 10.2. The van der Waals surface area contributed by atoms with E-state index in [-0.39, 0.29) is 5.82 Å². The van der Waals surface area contributed by atoms with Crippen molar-refractivity contribution in [3.63, 3.8) is 0 Å². The van der Waals surface area contributed by atoms with Gasteiger partial charge >= 0.3 is 0 Å². The highest BCUT2D eigenvalue weighted by molar-refractivity contribution is 5.79. The van der Waals surface area contributed by atoms with Crippen LogP contribution in [0.15, 0.2) is 29.3 Å². The van der Waals surface area contributed by atoms with E-state index >= 15 is 0 Å². The summed E-state index contributed by atoms with van der Waals surface area (Å²) >= 11 is 0. The summed E-state index contributed by atoms with van der Waals surface area (Å²) in [6, 6.07) is 6.76. The number of halogens is 1. The zero-order valence-corrected chi connectivity index (χ0v) is 11.2. The first-order valence-electron chi connectivity index (χ1n) is 6.45. The van der Waals surface area contributed by atoms with Crippen molar-refractivity contribution in [3.05, 3.63) is 35.6 Å². The summed E-state index contributed by atoms with van der Waals surface area (Å²) in [4.78, 5) is 4.10. The standard InChI is InChI=1S/C14H22FN3/c1-3-4-7-10-17-14(16-2)18-11-12-8-5-6-9-13(12)15/h5-6,8-9H,3-4,7,10-11H2,1-2H3,(H2,16,17,18). The van der Waals surface area contributed by atoms with Gasteiger partial charge in [0.05, 0.1) is 0 Å². The quantitative estimate of drug-likeness (QED) is 0.463. The first kappa shape index (κ1) is 14.5. The fourth-order valence-electron chi connectivity index (χ4n) is 1.62. The minimum atomic E-state index is -0.188. The number of unbranched alkanes of at least 4 members (excludes halogenated alkanes) is 2. The predicted octanol–water partition coefficient (Wildman–Crippen LogP) is 2.68. The average molecular weight is 251 g/mol. The molecule has 0 aliphatic carbocycles. The first-order chi connectivity index (χ1) is 8.77. The molecule has 0 amide bonds. The fraction of sp³-hybridized carbons (Fsp3) is 0.500. The Bertz CT molecular complexity index is 377. The van der Waals surface area contributed by atoms with E-state index in [4.69, 9.17) is 0 Å². The van der Waals surface area contributed by atoms with E-state index < -0.39 is 0 Å². The summed E-state index contributed by atoms with van der Waals surface area (Å²) in [5, 5.41) is 6.31. The molecule has 1 aromatic carbocycles. The third-order valence-electron chi connectivity index (χ3n) is 2.70. The van der Waals surface area contributed by atoms with Crippen LogP contribution >= 0.6 is 0 Å². The van der Waals surface area contributed by atoms with Crippen LogP contribution in [0.25, 0.3) is 0 Å². The van der Waals surface area contributed by atoms with Gasteiger partial charge in [-0.15, -0.1) is 0 Å². The van der Waals surface area contributed by atoms with Gasteiger partial charge < -0.3 is 10.6 Å². The zero-order valence-electron chi connectivity index (χ0n) is 11.2. The molecule has 0 spiro atoms. The van der Waals surface area contributed by atoms with Crippen LogP contribution < -0.4 is 10.6 Å². The number of hydrogen-bond acceptors (Lipinski definition) is 1. The van der Waals surface area contributed by atoms with Crippen LogP contribution in [0.5, 0.6) is 0 Å². The molecule has 0 atom stereocenters. The largest absolute Gasteiger partial charge is 0.356 e. The molecule has 0 unspecified atom stereocenters. The van der Waals surface area contributed by atoms with E-state index in [1.165, 1.54) is 18.9 Å². The number of rotatable bonds is 6. The van der Waals surface area contributed by atoms with E-state index in [0.29, 0.717) is 18.1 Å². The molecule has 0 aromatic heterocycles. The minimum Gasteiger partial charge on any atom is -0.356 e. The Morgan fingerprint density at radius 3 is 2.67 bits per heavy atom. The Morgan fingerprint density at radius 2 is 2.00 bits per heavy atom. The van der Waals surface area contributed by atoms with Crippen molar-refractivity contribution in [2.24, 2.45) is 4.99 Å². The molecule has 3 nitrogen and oxygen atoms in total. The predicted molar refractivity (Wildman–Crippen MR) is 74.1 cm³/mol. The Labute approximate surface area is 109 Å². The number of benzene rings is 1. The van der Waals surface area contributed by atoms with Gasteiger partial charge in [-0.2, -0.15) is 0 Å². The van der Waals surface area contributed by atoms with Gasteiger partial charge in [0, 0.05) is 25.7 Å². The Kier molecular flexibility index (Phi) is 6.84. The number of nitrogens with one attached hydrogen (secondary N) is 2. The van der Waals surface area contributed by atoms with Crippen molar-refractivity contribution in [1.82, 2.24) is 10.6 Å². The van der Waals surface area contributed by atoms with Crippen LogP contribution in [0.3, 0.4) is 0 Å². The molecule has 1 aromatic rings. The molecule has 4 heteroatoms. The Morgan fingerprint density at radius 1 is 1.22 bits per heavy atom. The van der Waals surface area contributed by atoms with Crippen molar-refractivity contribution < 1.29 is 4.39 Å². The summed E-state index contributed by atoms with van der Waals surface area (Å²) in [5.41, 5.74) is 0.647. The van der Waals surface area contributed by atoms with E-state index in [1.54, 1.807) is 19.2 Å². The van der Waals surface area contributed by atoms with Gasteiger partial charge in [0.1, 0.15) is 5.82 Å². The van der Waals surface area contributed by atoms with Gasteiger partial charge in [-0.05, 0) is 12.5 Å². The zero-order chi connectivity index (χ0) is 13.2. The lowest BCUT2D eigenvalue weighted by molar-refractivity contribution is 0.604. The van der Waals surface area contributed by atoms with Crippen molar-refractivity contribution in [2.75, 3.05) is 13.6 Å². The van der Waals surface area contributed by atoms with Crippen molar-refractivity contribution >= 4 is 5.96 Å². The molecule has 18 heavy (non-hydrogen) atoms. The molecule has 0 heterocycles. The number of nitrogens with zero attached hydrogens (tertiary/aromatic N) is 1. The highest BCUT2D eigenvalue weighted by Crippen LogP contribution is 2.05. The smallest absolute Gasteiger partial charge is 0.191 e. The Balaban J connectivity index is 2.34. The van der Waals surface area contributed by atoms with Crippen molar-refractivity contribution in [3.8, 4) is 0 Å². The summed E-state index contributed by atoms with van der Waals surface area (Å²) in [6.45, 7) is 3.51.